The summed E-state index contributed by atoms with van der Waals surface area (Å²) in [6.45, 7) is 3.63. The fourth-order valence-corrected chi connectivity index (χ4v) is 2.03. The van der Waals surface area contributed by atoms with Crippen molar-refractivity contribution >= 4 is 25.7 Å². The molecule has 90 valence electrons. The van der Waals surface area contributed by atoms with Crippen molar-refractivity contribution in [2.75, 3.05) is 7.11 Å². The summed E-state index contributed by atoms with van der Waals surface area (Å²) in [7, 11) is 2.60. The molecule has 0 fully saturated rings. The van der Waals surface area contributed by atoms with Crippen LogP contribution < -0.4 is 0 Å². The third-order valence-electron chi connectivity index (χ3n) is 2.06. The van der Waals surface area contributed by atoms with E-state index in [-0.39, 0.29) is 16.6 Å². The number of rotatable bonds is 3. The van der Waals surface area contributed by atoms with Gasteiger partial charge in [-0.25, -0.2) is 13.2 Å². The third kappa shape index (κ3) is 2.56. The number of nitrogens with zero attached hydrogens (tertiary/aromatic N) is 1. The molecule has 0 radical (unpaired) electrons. The van der Waals surface area contributed by atoms with E-state index in [1.54, 1.807) is 0 Å². The molecule has 0 N–H and O–H groups in total. The first-order valence-electron chi connectivity index (χ1n) is 4.52. The lowest BCUT2D eigenvalue weighted by molar-refractivity contribution is 0.0586. The zero-order valence-corrected chi connectivity index (χ0v) is 10.7. The summed E-state index contributed by atoms with van der Waals surface area (Å²) in [5.74, 6) is -0.597. The van der Waals surface area contributed by atoms with Crippen molar-refractivity contribution in [3.63, 3.8) is 0 Å². The largest absolute Gasteiger partial charge is 0.464 e. The summed E-state index contributed by atoms with van der Waals surface area (Å²) in [5.41, 5.74) is 0.164. The van der Waals surface area contributed by atoms with Crippen LogP contribution in [0.4, 0.5) is 0 Å². The second-order valence-corrected chi connectivity index (χ2v) is 6.06. The Morgan fingerprint density at radius 1 is 1.50 bits per heavy atom. The number of hydrogen-bond donors (Lipinski definition) is 0. The molecule has 16 heavy (non-hydrogen) atoms. The van der Waals surface area contributed by atoms with Crippen molar-refractivity contribution in [2.45, 2.75) is 24.8 Å². The zero-order valence-electron chi connectivity index (χ0n) is 9.10. The first-order chi connectivity index (χ1) is 7.27. The minimum absolute atomic E-state index is 0.0683. The van der Waals surface area contributed by atoms with Gasteiger partial charge in [0.2, 0.25) is 0 Å². The van der Waals surface area contributed by atoms with Gasteiger partial charge in [0.05, 0.1) is 7.11 Å². The van der Waals surface area contributed by atoms with E-state index in [0.29, 0.717) is 0 Å². The number of carbonyl (C=O) groups is 1. The molecule has 0 aliphatic carbocycles. The maximum Gasteiger partial charge on any atom is 0.354 e. The average Bonchev–Trinajstić information content (AvgIpc) is 2.60. The van der Waals surface area contributed by atoms with Gasteiger partial charge in [-0.3, -0.25) is 0 Å². The minimum Gasteiger partial charge on any atom is -0.464 e. The molecule has 1 heterocycles. The SMILES string of the molecule is COC(=O)c1cc(S(=O)(=O)Cl)cn1C(C)C. The molecule has 0 atom stereocenters. The van der Waals surface area contributed by atoms with Crippen LogP contribution in [0.2, 0.25) is 0 Å². The van der Waals surface area contributed by atoms with Crippen molar-refractivity contribution in [3.05, 3.63) is 18.0 Å². The van der Waals surface area contributed by atoms with E-state index in [9.17, 15) is 13.2 Å². The topological polar surface area (TPSA) is 65.4 Å². The number of carbonyl (C=O) groups excluding carboxylic acids is 1. The first-order valence-corrected chi connectivity index (χ1v) is 6.83. The van der Waals surface area contributed by atoms with Gasteiger partial charge >= 0.3 is 5.97 Å². The van der Waals surface area contributed by atoms with Gasteiger partial charge in [0.15, 0.2) is 0 Å². The van der Waals surface area contributed by atoms with Crippen LogP contribution >= 0.6 is 10.7 Å². The van der Waals surface area contributed by atoms with Gasteiger partial charge in [0, 0.05) is 22.9 Å². The van der Waals surface area contributed by atoms with Crippen molar-refractivity contribution in [1.82, 2.24) is 4.57 Å². The van der Waals surface area contributed by atoms with Crippen LogP contribution in [0.3, 0.4) is 0 Å². The van der Waals surface area contributed by atoms with E-state index in [1.807, 2.05) is 13.8 Å². The monoisotopic (exact) mass is 265 g/mol. The molecule has 0 unspecified atom stereocenters. The molecular formula is C9H12ClNO4S. The molecule has 7 heteroatoms. The molecule has 1 rings (SSSR count). The van der Waals surface area contributed by atoms with E-state index in [0.717, 1.165) is 0 Å². The Morgan fingerprint density at radius 3 is 2.44 bits per heavy atom. The quantitative estimate of drug-likeness (QED) is 0.617. The maximum atomic E-state index is 11.4. The van der Waals surface area contributed by atoms with E-state index >= 15 is 0 Å². The Hall–Kier alpha value is -1.01. The molecule has 1 aromatic rings. The van der Waals surface area contributed by atoms with Gasteiger partial charge in [-0.1, -0.05) is 0 Å². The van der Waals surface area contributed by atoms with E-state index in [4.69, 9.17) is 10.7 Å². The van der Waals surface area contributed by atoms with Crippen molar-refractivity contribution < 1.29 is 17.9 Å². The van der Waals surface area contributed by atoms with Crippen molar-refractivity contribution in [2.24, 2.45) is 0 Å². The Kier molecular flexibility index (Phi) is 3.64. The highest BCUT2D eigenvalue weighted by Crippen LogP contribution is 2.22. The molecule has 1 aromatic heterocycles. The number of aromatic nitrogens is 1. The highest BCUT2D eigenvalue weighted by atomic mass is 35.7. The second kappa shape index (κ2) is 4.47. The summed E-state index contributed by atoms with van der Waals surface area (Å²) in [6.07, 6.45) is 1.32. The van der Waals surface area contributed by atoms with E-state index < -0.39 is 15.0 Å². The lowest BCUT2D eigenvalue weighted by Crippen LogP contribution is -2.11. The lowest BCUT2D eigenvalue weighted by Gasteiger charge is -2.10. The predicted octanol–water partition coefficient (Wildman–Crippen LogP) is 1.78. The molecule has 0 saturated heterocycles. The Balaban J connectivity index is 3.37. The standard InChI is InChI=1S/C9H12ClNO4S/c1-6(2)11-5-7(16(10,13)14)4-8(11)9(12)15-3/h4-6H,1-3H3. The van der Waals surface area contributed by atoms with Gasteiger partial charge in [0.25, 0.3) is 9.05 Å². The van der Waals surface area contributed by atoms with Crippen LogP contribution in [0.25, 0.3) is 0 Å². The van der Waals surface area contributed by atoms with Gasteiger partial charge in [-0.15, -0.1) is 0 Å². The summed E-state index contributed by atoms with van der Waals surface area (Å²) < 4.78 is 28.3. The Bertz CT molecular complexity index is 504. The molecular weight excluding hydrogens is 254 g/mol. The molecule has 0 bridgehead atoms. The van der Waals surface area contributed by atoms with Crippen LogP contribution in [0.5, 0.6) is 0 Å². The summed E-state index contributed by atoms with van der Waals surface area (Å²) in [6, 6.07) is 1.13. The van der Waals surface area contributed by atoms with Gasteiger partial charge in [0.1, 0.15) is 10.6 Å². The van der Waals surface area contributed by atoms with Gasteiger partial charge in [-0.2, -0.15) is 0 Å². The van der Waals surface area contributed by atoms with E-state index in [2.05, 4.69) is 4.74 Å². The Morgan fingerprint density at radius 2 is 2.06 bits per heavy atom. The number of halogens is 1. The number of hydrogen-bond acceptors (Lipinski definition) is 4. The van der Waals surface area contributed by atoms with Crippen LogP contribution in [0, 0.1) is 0 Å². The summed E-state index contributed by atoms with van der Waals surface area (Å²) >= 11 is 0. The number of esters is 1. The average molecular weight is 266 g/mol. The predicted molar refractivity (Wildman–Crippen MR) is 59.2 cm³/mol. The second-order valence-electron chi connectivity index (χ2n) is 3.49. The van der Waals surface area contributed by atoms with Crippen LogP contribution in [-0.2, 0) is 13.8 Å². The van der Waals surface area contributed by atoms with Gasteiger partial charge < -0.3 is 9.30 Å². The lowest BCUT2D eigenvalue weighted by atomic mass is 10.3. The molecule has 0 saturated carbocycles. The maximum absolute atomic E-state index is 11.4. The highest BCUT2D eigenvalue weighted by molar-refractivity contribution is 8.13. The highest BCUT2D eigenvalue weighted by Gasteiger charge is 2.21. The fourth-order valence-electron chi connectivity index (χ4n) is 1.28. The molecule has 0 aromatic carbocycles. The molecule has 0 aliphatic heterocycles. The van der Waals surface area contributed by atoms with Gasteiger partial charge in [-0.05, 0) is 19.9 Å². The van der Waals surface area contributed by atoms with Crippen LogP contribution in [0.1, 0.15) is 30.4 Å². The normalized spacial score (nSPS) is 11.8. The third-order valence-corrected chi connectivity index (χ3v) is 3.38. The van der Waals surface area contributed by atoms with E-state index in [1.165, 1.54) is 23.9 Å². The molecule has 5 nitrogen and oxygen atoms in total. The smallest absolute Gasteiger partial charge is 0.354 e. The molecule has 0 amide bonds. The summed E-state index contributed by atoms with van der Waals surface area (Å²) in [4.78, 5) is 11.3. The zero-order chi connectivity index (χ0) is 12.5. The number of ether oxygens (including phenoxy) is 1. The van der Waals surface area contributed by atoms with Crippen LogP contribution in [-0.4, -0.2) is 26.1 Å². The number of methoxy groups -OCH3 is 1. The van der Waals surface area contributed by atoms with Crippen LogP contribution in [0.15, 0.2) is 17.2 Å². The molecule has 0 spiro atoms. The first kappa shape index (κ1) is 13.1. The summed E-state index contributed by atoms with van der Waals surface area (Å²) in [5, 5.41) is 0. The fraction of sp³-hybridized carbons (Fsp3) is 0.444. The Labute approximate surface area is 98.4 Å². The molecule has 0 aliphatic rings. The van der Waals surface area contributed by atoms with Crippen molar-refractivity contribution in [3.8, 4) is 0 Å². The minimum atomic E-state index is -3.84. The van der Waals surface area contributed by atoms with Crippen molar-refractivity contribution in [1.29, 1.82) is 0 Å².